The monoisotopic (exact) mass is 329 g/mol. The molecule has 0 bridgehead atoms. The lowest BCUT2D eigenvalue weighted by atomic mass is 10.1. The highest BCUT2D eigenvalue weighted by atomic mass is 16.2. The summed E-state index contributed by atoms with van der Waals surface area (Å²) in [5.74, 6) is -0.496. The standard InChI is InChI=1S/C22H19NO2/c24-17-22(25)20-11-13-21(14-12-20)23(15-18-7-3-1-4-8-18)16-19-9-5-2-6-10-19/h1-14,17H,15-16H2. The summed E-state index contributed by atoms with van der Waals surface area (Å²) in [6.07, 6.45) is 0.348. The van der Waals surface area contributed by atoms with Crippen molar-refractivity contribution in [3.05, 3.63) is 102 Å². The number of carbonyl (C=O) groups is 2. The fraction of sp³-hybridized carbons (Fsp3) is 0.0909. The van der Waals surface area contributed by atoms with E-state index in [-0.39, 0.29) is 0 Å². The van der Waals surface area contributed by atoms with E-state index in [9.17, 15) is 9.59 Å². The first-order chi connectivity index (χ1) is 12.3. The van der Waals surface area contributed by atoms with Gasteiger partial charge in [-0.25, -0.2) is 0 Å². The zero-order valence-corrected chi connectivity index (χ0v) is 13.8. The number of Topliss-reactive ketones (excluding diaryl/α,β-unsaturated/α-hetero) is 1. The molecule has 0 aliphatic carbocycles. The Balaban J connectivity index is 1.87. The summed E-state index contributed by atoms with van der Waals surface area (Å²) < 4.78 is 0. The molecular weight excluding hydrogens is 310 g/mol. The minimum Gasteiger partial charge on any atom is -0.363 e. The van der Waals surface area contributed by atoms with Crippen molar-refractivity contribution in [1.82, 2.24) is 0 Å². The summed E-state index contributed by atoms with van der Waals surface area (Å²) in [6.45, 7) is 1.52. The van der Waals surface area contributed by atoms with Crippen molar-refractivity contribution >= 4 is 17.8 Å². The van der Waals surface area contributed by atoms with Gasteiger partial charge < -0.3 is 4.90 Å². The number of aldehydes is 1. The van der Waals surface area contributed by atoms with Crippen LogP contribution in [0.4, 0.5) is 5.69 Å². The van der Waals surface area contributed by atoms with E-state index in [0.29, 0.717) is 11.8 Å². The maximum absolute atomic E-state index is 11.5. The molecule has 3 rings (SSSR count). The Morgan fingerprint density at radius 3 is 1.64 bits per heavy atom. The van der Waals surface area contributed by atoms with E-state index in [1.54, 1.807) is 12.1 Å². The summed E-state index contributed by atoms with van der Waals surface area (Å²) in [5, 5.41) is 0. The minimum absolute atomic E-state index is 0.348. The highest BCUT2D eigenvalue weighted by Crippen LogP contribution is 2.21. The second-order valence-corrected chi connectivity index (χ2v) is 5.86. The third kappa shape index (κ3) is 4.42. The lowest BCUT2D eigenvalue weighted by Crippen LogP contribution is -2.22. The van der Waals surface area contributed by atoms with Crippen molar-refractivity contribution in [2.24, 2.45) is 0 Å². The van der Waals surface area contributed by atoms with Gasteiger partial charge in [-0.2, -0.15) is 0 Å². The van der Waals surface area contributed by atoms with Gasteiger partial charge in [0.25, 0.3) is 0 Å². The normalized spacial score (nSPS) is 10.2. The van der Waals surface area contributed by atoms with E-state index in [1.165, 1.54) is 11.1 Å². The third-order valence-electron chi connectivity index (χ3n) is 4.06. The van der Waals surface area contributed by atoms with Gasteiger partial charge in [0, 0.05) is 24.3 Å². The van der Waals surface area contributed by atoms with Crippen LogP contribution in [0.15, 0.2) is 84.9 Å². The van der Waals surface area contributed by atoms with Crippen molar-refractivity contribution < 1.29 is 9.59 Å². The first kappa shape index (κ1) is 16.7. The molecule has 0 aliphatic rings. The number of carbonyl (C=O) groups excluding carboxylic acids is 2. The van der Waals surface area contributed by atoms with Gasteiger partial charge >= 0.3 is 0 Å². The molecule has 3 heteroatoms. The molecule has 3 aromatic carbocycles. The van der Waals surface area contributed by atoms with E-state index >= 15 is 0 Å². The smallest absolute Gasteiger partial charge is 0.225 e. The maximum atomic E-state index is 11.5. The molecule has 0 atom stereocenters. The van der Waals surface area contributed by atoms with Crippen LogP contribution in [0.25, 0.3) is 0 Å². The molecule has 0 saturated heterocycles. The summed E-state index contributed by atoms with van der Waals surface area (Å²) in [7, 11) is 0. The molecule has 0 saturated carbocycles. The van der Waals surface area contributed by atoms with E-state index in [0.717, 1.165) is 18.8 Å². The fourth-order valence-corrected chi connectivity index (χ4v) is 2.75. The predicted octanol–water partition coefficient (Wildman–Crippen LogP) is 4.28. The fourth-order valence-electron chi connectivity index (χ4n) is 2.75. The Morgan fingerprint density at radius 1 is 0.720 bits per heavy atom. The first-order valence-electron chi connectivity index (χ1n) is 8.18. The van der Waals surface area contributed by atoms with Crippen LogP contribution in [0.2, 0.25) is 0 Å². The van der Waals surface area contributed by atoms with Gasteiger partial charge in [-0.3, -0.25) is 9.59 Å². The molecule has 124 valence electrons. The molecule has 0 radical (unpaired) electrons. The van der Waals surface area contributed by atoms with Crippen LogP contribution < -0.4 is 4.90 Å². The molecule has 3 aromatic rings. The Morgan fingerprint density at radius 2 is 1.20 bits per heavy atom. The molecule has 0 fully saturated rings. The lowest BCUT2D eigenvalue weighted by molar-refractivity contribution is -0.104. The number of hydrogen-bond donors (Lipinski definition) is 0. The van der Waals surface area contributed by atoms with Gasteiger partial charge in [-0.05, 0) is 35.4 Å². The number of nitrogens with zero attached hydrogens (tertiary/aromatic N) is 1. The third-order valence-corrected chi connectivity index (χ3v) is 4.06. The highest BCUT2D eigenvalue weighted by Gasteiger charge is 2.10. The van der Waals surface area contributed by atoms with Crippen LogP contribution in [-0.4, -0.2) is 12.1 Å². The average Bonchev–Trinajstić information content (AvgIpc) is 2.68. The van der Waals surface area contributed by atoms with Crippen LogP contribution in [0, 0.1) is 0 Å². The summed E-state index contributed by atoms with van der Waals surface area (Å²) >= 11 is 0. The Bertz CT molecular complexity index is 785. The van der Waals surface area contributed by atoms with Gasteiger partial charge in [0.2, 0.25) is 5.78 Å². The summed E-state index contributed by atoms with van der Waals surface area (Å²) in [4.78, 5) is 24.4. The van der Waals surface area contributed by atoms with Crippen LogP contribution in [0.5, 0.6) is 0 Å². The molecule has 0 aromatic heterocycles. The van der Waals surface area contributed by atoms with Crippen molar-refractivity contribution in [1.29, 1.82) is 0 Å². The molecule has 0 spiro atoms. The molecule has 0 N–H and O–H groups in total. The Labute approximate surface area is 147 Å². The van der Waals surface area contributed by atoms with E-state index in [1.807, 2.05) is 48.5 Å². The first-order valence-corrected chi connectivity index (χ1v) is 8.18. The van der Waals surface area contributed by atoms with Gasteiger partial charge in [0.05, 0.1) is 0 Å². The zero-order chi connectivity index (χ0) is 17.5. The Hall–Kier alpha value is -3.20. The van der Waals surface area contributed by atoms with Crippen molar-refractivity contribution in [2.75, 3.05) is 4.90 Å². The lowest BCUT2D eigenvalue weighted by Gasteiger charge is -2.25. The minimum atomic E-state index is -0.496. The molecule has 0 aliphatic heterocycles. The summed E-state index contributed by atoms with van der Waals surface area (Å²) in [6, 6.07) is 27.7. The number of ketones is 1. The molecule has 0 unspecified atom stereocenters. The zero-order valence-electron chi connectivity index (χ0n) is 13.8. The molecule has 3 nitrogen and oxygen atoms in total. The van der Waals surface area contributed by atoms with Crippen LogP contribution in [-0.2, 0) is 17.9 Å². The van der Waals surface area contributed by atoms with Gasteiger partial charge in [0.15, 0.2) is 6.29 Å². The molecular formula is C22H19NO2. The quantitative estimate of drug-likeness (QED) is 0.369. The molecule has 0 heterocycles. The van der Waals surface area contributed by atoms with Gasteiger partial charge in [-0.1, -0.05) is 60.7 Å². The second kappa shape index (κ2) is 8.06. The highest BCUT2D eigenvalue weighted by molar-refractivity contribution is 6.33. The second-order valence-electron chi connectivity index (χ2n) is 5.86. The van der Waals surface area contributed by atoms with Crippen molar-refractivity contribution in [2.45, 2.75) is 13.1 Å². The number of rotatable bonds is 7. The van der Waals surface area contributed by atoms with Crippen LogP contribution >= 0.6 is 0 Å². The van der Waals surface area contributed by atoms with Crippen molar-refractivity contribution in [3.63, 3.8) is 0 Å². The van der Waals surface area contributed by atoms with E-state index in [4.69, 9.17) is 0 Å². The van der Waals surface area contributed by atoms with Crippen LogP contribution in [0.1, 0.15) is 21.5 Å². The SMILES string of the molecule is O=CC(=O)c1ccc(N(Cc2ccccc2)Cc2ccccc2)cc1. The topological polar surface area (TPSA) is 37.4 Å². The number of hydrogen-bond acceptors (Lipinski definition) is 3. The number of anilines is 1. The Kier molecular flexibility index (Phi) is 5.37. The molecule has 25 heavy (non-hydrogen) atoms. The maximum Gasteiger partial charge on any atom is 0.225 e. The number of benzene rings is 3. The largest absolute Gasteiger partial charge is 0.363 e. The van der Waals surface area contributed by atoms with Crippen LogP contribution in [0.3, 0.4) is 0 Å². The predicted molar refractivity (Wildman–Crippen MR) is 99.6 cm³/mol. The summed E-state index contributed by atoms with van der Waals surface area (Å²) in [5.41, 5.74) is 3.85. The van der Waals surface area contributed by atoms with Gasteiger partial charge in [-0.15, -0.1) is 0 Å². The molecule has 0 amide bonds. The van der Waals surface area contributed by atoms with Gasteiger partial charge in [0.1, 0.15) is 0 Å². The average molecular weight is 329 g/mol. The van der Waals surface area contributed by atoms with E-state index in [2.05, 4.69) is 29.2 Å². The van der Waals surface area contributed by atoms with E-state index < -0.39 is 5.78 Å². The van der Waals surface area contributed by atoms with Crippen molar-refractivity contribution in [3.8, 4) is 0 Å².